The molecule has 0 radical (unpaired) electrons. The van der Waals surface area contributed by atoms with Crippen LogP contribution in [0.3, 0.4) is 0 Å². The highest BCUT2D eigenvalue weighted by Crippen LogP contribution is 2.51. The Kier molecular flexibility index (Phi) is 6.32. The number of hydrogen-bond acceptors (Lipinski definition) is 8. The summed E-state index contributed by atoms with van der Waals surface area (Å²) < 4.78 is 36.5. The van der Waals surface area contributed by atoms with E-state index in [0.29, 0.717) is 42.6 Å². The quantitative estimate of drug-likeness (QED) is 0.303. The summed E-state index contributed by atoms with van der Waals surface area (Å²) in [5.41, 5.74) is 0.310. The zero-order valence-electron chi connectivity index (χ0n) is 20.9. The van der Waals surface area contributed by atoms with Gasteiger partial charge in [0.2, 0.25) is 16.0 Å². The molecule has 10 nitrogen and oxygen atoms in total. The van der Waals surface area contributed by atoms with Crippen molar-refractivity contribution in [3.05, 3.63) is 79.1 Å². The summed E-state index contributed by atoms with van der Waals surface area (Å²) in [5, 5.41) is 1.90. The van der Waals surface area contributed by atoms with Gasteiger partial charge in [0, 0.05) is 57.0 Å². The number of ether oxygens (including phenoxy) is 1. The van der Waals surface area contributed by atoms with Gasteiger partial charge in [-0.25, -0.2) is 28.2 Å². The summed E-state index contributed by atoms with van der Waals surface area (Å²) in [5.74, 6) is 0.449. The third-order valence-electron chi connectivity index (χ3n) is 7.38. The molecule has 1 saturated carbocycles. The van der Waals surface area contributed by atoms with Crippen molar-refractivity contribution in [2.24, 2.45) is 11.8 Å². The molecule has 196 valence electrons. The predicted octanol–water partition coefficient (Wildman–Crippen LogP) is 2.83. The van der Waals surface area contributed by atoms with E-state index in [1.165, 1.54) is 12.4 Å². The molecule has 2 aromatic carbocycles. The lowest BCUT2D eigenvalue weighted by Crippen LogP contribution is -2.41. The average Bonchev–Trinajstić information content (AvgIpc) is 3.29. The number of carbonyl (C=O) groups excluding carboxylic acids is 1. The number of benzene rings is 2. The first kappa shape index (κ1) is 24.5. The van der Waals surface area contributed by atoms with Crippen LogP contribution in [0.1, 0.15) is 17.3 Å². The van der Waals surface area contributed by atoms with Gasteiger partial charge in [-0.2, -0.15) is 4.31 Å². The van der Waals surface area contributed by atoms with Crippen molar-refractivity contribution in [2.45, 2.75) is 24.4 Å². The minimum atomic E-state index is -3.73. The Hall–Kier alpha value is -3.83. The number of esters is 1. The Morgan fingerprint density at radius 3 is 2.50 bits per heavy atom. The highest BCUT2D eigenvalue weighted by Gasteiger charge is 2.61. The largest absolute Gasteiger partial charge is 0.462 e. The van der Waals surface area contributed by atoms with E-state index in [1.54, 1.807) is 35.9 Å². The van der Waals surface area contributed by atoms with Crippen molar-refractivity contribution in [1.29, 1.82) is 0 Å². The first-order valence-electron chi connectivity index (χ1n) is 12.7. The van der Waals surface area contributed by atoms with Gasteiger partial charge in [0.1, 0.15) is 0 Å². The van der Waals surface area contributed by atoms with Gasteiger partial charge in [-0.1, -0.05) is 30.3 Å². The van der Waals surface area contributed by atoms with Gasteiger partial charge in [0.05, 0.1) is 23.4 Å². The lowest BCUT2D eigenvalue weighted by molar-refractivity contribution is 0.0525. The van der Waals surface area contributed by atoms with Gasteiger partial charge in [-0.15, -0.1) is 0 Å². The molecule has 2 atom stereocenters. The van der Waals surface area contributed by atoms with E-state index in [1.807, 2.05) is 41.1 Å². The Morgan fingerprint density at radius 1 is 1.08 bits per heavy atom. The van der Waals surface area contributed by atoms with E-state index in [-0.39, 0.29) is 24.5 Å². The number of nitrogens with zero attached hydrogens (tertiary/aromatic N) is 6. The number of imidazole rings is 1. The topological polar surface area (TPSA) is 111 Å². The molecule has 2 aliphatic rings. The summed E-state index contributed by atoms with van der Waals surface area (Å²) >= 11 is 0. The molecule has 3 heterocycles. The van der Waals surface area contributed by atoms with Crippen LogP contribution in [0.4, 0.5) is 5.95 Å². The second-order valence-corrected chi connectivity index (χ2v) is 11.5. The third kappa shape index (κ3) is 4.52. The average molecular weight is 533 g/mol. The summed E-state index contributed by atoms with van der Waals surface area (Å²) in [4.78, 5) is 27.1. The molecule has 0 spiro atoms. The fourth-order valence-electron chi connectivity index (χ4n) is 5.42. The Balaban J connectivity index is 1.21. The van der Waals surface area contributed by atoms with Crippen LogP contribution in [0.15, 0.2) is 78.5 Å². The smallest absolute Gasteiger partial charge is 0.341 e. The van der Waals surface area contributed by atoms with Crippen molar-refractivity contribution in [2.75, 3.05) is 31.1 Å². The van der Waals surface area contributed by atoms with E-state index < -0.39 is 16.0 Å². The number of rotatable bonds is 9. The predicted molar refractivity (Wildman–Crippen MR) is 141 cm³/mol. The molecule has 11 heteroatoms. The molecular formula is C27H28N6O4S. The molecule has 38 heavy (non-hydrogen) atoms. The SMILES string of the molecule is CCOC(=O)c1cnc(N2CC3C(C2)C3N(CCn2ccnc2)S(=O)(=O)c2ccc3ccccc3c2)nc1. The van der Waals surface area contributed by atoms with Gasteiger partial charge < -0.3 is 14.2 Å². The maximum atomic E-state index is 14.0. The Bertz CT molecular complexity index is 1550. The highest BCUT2D eigenvalue weighted by atomic mass is 32.2. The molecule has 0 N–H and O–H groups in total. The number of sulfonamides is 1. The van der Waals surface area contributed by atoms with Crippen molar-refractivity contribution in [3.8, 4) is 0 Å². The van der Waals surface area contributed by atoms with Crippen LogP contribution in [0, 0.1) is 11.8 Å². The van der Waals surface area contributed by atoms with Gasteiger partial charge in [-0.05, 0) is 41.7 Å². The molecule has 1 saturated heterocycles. The van der Waals surface area contributed by atoms with E-state index >= 15 is 0 Å². The van der Waals surface area contributed by atoms with Crippen molar-refractivity contribution in [1.82, 2.24) is 23.8 Å². The maximum Gasteiger partial charge on any atom is 0.341 e. The van der Waals surface area contributed by atoms with Crippen LogP contribution in [0.5, 0.6) is 0 Å². The van der Waals surface area contributed by atoms with Crippen LogP contribution >= 0.6 is 0 Å². The van der Waals surface area contributed by atoms with Gasteiger partial charge >= 0.3 is 5.97 Å². The Labute approximate surface area is 220 Å². The van der Waals surface area contributed by atoms with Gasteiger partial charge in [0.25, 0.3) is 0 Å². The number of fused-ring (bicyclic) bond motifs is 2. The van der Waals surface area contributed by atoms with E-state index in [9.17, 15) is 13.2 Å². The first-order valence-corrected chi connectivity index (χ1v) is 14.1. The summed E-state index contributed by atoms with van der Waals surface area (Å²) in [6, 6.07) is 13.0. The van der Waals surface area contributed by atoms with Gasteiger partial charge in [-0.3, -0.25) is 0 Å². The summed E-state index contributed by atoms with van der Waals surface area (Å²) in [6.07, 6.45) is 8.19. The lowest BCUT2D eigenvalue weighted by Gasteiger charge is -2.27. The van der Waals surface area contributed by atoms with Crippen LogP contribution < -0.4 is 4.90 Å². The molecule has 4 aromatic rings. The fraction of sp³-hybridized carbons (Fsp3) is 0.333. The number of aromatic nitrogens is 4. The minimum Gasteiger partial charge on any atom is -0.462 e. The summed E-state index contributed by atoms with van der Waals surface area (Å²) in [6.45, 7) is 4.22. The lowest BCUT2D eigenvalue weighted by atomic mass is 10.1. The monoisotopic (exact) mass is 532 g/mol. The molecule has 2 unspecified atom stereocenters. The third-order valence-corrected chi connectivity index (χ3v) is 9.27. The van der Waals surface area contributed by atoms with Crippen molar-refractivity contribution in [3.63, 3.8) is 0 Å². The second kappa shape index (κ2) is 9.80. The number of hydrogen-bond donors (Lipinski definition) is 0. The van der Waals surface area contributed by atoms with E-state index in [2.05, 4.69) is 19.9 Å². The Morgan fingerprint density at radius 2 is 1.82 bits per heavy atom. The molecule has 2 aromatic heterocycles. The zero-order valence-corrected chi connectivity index (χ0v) is 21.7. The molecular weight excluding hydrogens is 504 g/mol. The van der Waals surface area contributed by atoms with Crippen molar-refractivity contribution < 1.29 is 17.9 Å². The fourth-order valence-corrected chi connectivity index (χ4v) is 7.16. The van der Waals surface area contributed by atoms with E-state index in [0.717, 1.165) is 10.8 Å². The number of carbonyl (C=O) groups is 1. The molecule has 0 bridgehead atoms. The molecule has 0 amide bonds. The zero-order chi connectivity index (χ0) is 26.3. The minimum absolute atomic E-state index is 0.0925. The van der Waals surface area contributed by atoms with Gasteiger partial charge in [0.15, 0.2) is 0 Å². The molecule has 6 rings (SSSR count). The van der Waals surface area contributed by atoms with Crippen LogP contribution in [0.2, 0.25) is 0 Å². The van der Waals surface area contributed by atoms with Crippen LogP contribution in [0.25, 0.3) is 10.8 Å². The van der Waals surface area contributed by atoms with Crippen LogP contribution in [-0.2, 0) is 21.3 Å². The first-order chi connectivity index (χ1) is 18.5. The standard InChI is InChI=1S/C27H28N6O4S/c1-2-37-26(34)21-14-29-27(30-15-21)32-16-23-24(17-32)25(23)33(12-11-31-10-9-28-18-31)38(35,36)22-8-7-19-5-3-4-6-20(19)13-22/h3-10,13-15,18,23-25H,2,11-12,16-17H2,1H3. The van der Waals surface area contributed by atoms with Crippen LogP contribution in [-0.4, -0.2) is 70.5 Å². The summed E-state index contributed by atoms with van der Waals surface area (Å²) in [7, 11) is -3.73. The molecule has 1 aliphatic heterocycles. The number of anilines is 1. The molecule has 1 aliphatic carbocycles. The molecule has 2 fully saturated rings. The maximum absolute atomic E-state index is 14.0. The van der Waals surface area contributed by atoms with Crippen molar-refractivity contribution >= 4 is 32.7 Å². The normalized spacial score (nSPS) is 20.6. The highest BCUT2D eigenvalue weighted by molar-refractivity contribution is 7.89. The van der Waals surface area contributed by atoms with E-state index in [4.69, 9.17) is 4.74 Å². The number of piperidine rings is 1. The second-order valence-electron chi connectivity index (χ2n) is 9.64.